The molecule has 0 aliphatic heterocycles. The van der Waals surface area contributed by atoms with Crippen molar-refractivity contribution in [2.45, 2.75) is 32.0 Å². The van der Waals surface area contributed by atoms with Crippen LogP contribution in [0, 0.1) is 11.3 Å². The van der Waals surface area contributed by atoms with Crippen LogP contribution in [0.5, 0.6) is 5.88 Å². The molecule has 31 heavy (non-hydrogen) atoms. The first kappa shape index (κ1) is 22.8. The van der Waals surface area contributed by atoms with Crippen molar-refractivity contribution in [3.63, 3.8) is 0 Å². The van der Waals surface area contributed by atoms with E-state index in [1.807, 2.05) is 0 Å². The summed E-state index contributed by atoms with van der Waals surface area (Å²) in [7, 11) is 0. The average Bonchev–Trinajstić information content (AvgIpc) is 3.03. The van der Waals surface area contributed by atoms with E-state index in [2.05, 4.69) is 11.2 Å². The Balaban J connectivity index is 2.19. The second-order valence-corrected chi connectivity index (χ2v) is 8.00. The lowest BCUT2D eigenvalue weighted by Gasteiger charge is -2.26. The summed E-state index contributed by atoms with van der Waals surface area (Å²) in [6.45, 7) is 3.52. The summed E-state index contributed by atoms with van der Waals surface area (Å²) in [4.78, 5) is -0.104. The molecule has 3 rings (SSSR count). The molecule has 1 unspecified atom stereocenters. The molecule has 0 aliphatic rings. The molecule has 162 valence electrons. The number of rotatable bonds is 6. The summed E-state index contributed by atoms with van der Waals surface area (Å²) in [5.41, 5.74) is 4.25. The van der Waals surface area contributed by atoms with Gasteiger partial charge in [0.2, 0.25) is 5.88 Å². The molecule has 5 nitrogen and oxygen atoms in total. The molecule has 0 aliphatic carbocycles. The summed E-state index contributed by atoms with van der Waals surface area (Å²) >= 11 is 11.1. The highest BCUT2D eigenvalue weighted by molar-refractivity contribution is 7.80. The standard InChI is InChI=1S/C21H18ClF3N4OS/c1-3-30-19-15-9-13(22)5-7-17(15)28-29(19)11-20(2,10-26)16-8-12(21(23,24)25)4-6-14(16)18(27)31/h4-9H,3,11H2,1-2H3,(H2,27,31). The first-order chi connectivity index (χ1) is 14.5. The van der Waals surface area contributed by atoms with Crippen molar-refractivity contribution >= 4 is 39.7 Å². The molecule has 0 radical (unpaired) electrons. The third-order valence-corrected chi connectivity index (χ3v) is 5.31. The fraction of sp³-hybridized carbons (Fsp3) is 0.286. The maximum Gasteiger partial charge on any atom is 0.416 e. The van der Waals surface area contributed by atoms with E-state index in [0.29, 0.717) is 28.4 Å². The van der Waals surface area contributed by atoms with E-state index in [4.69, 9.17) is 34.3 Å². The Morgan fingerprint density at radius 2 is 2.00 bits per heavy atom. The van der Waals surface area contributed by atoms with E-state index in [1.54, 1.807) is 25.1 Å². The maximum atomic E-state index is 13.4. The molecule has 0 spiro atoms. The van der Waals surface area contributed by atoms with Crippen LogP contribution in [-0.2, 0) is 18.1 Å². The van der Waals surface area contributed by atoms with Crippen LogP contribution in [0.2, 0.25) is 5.02 Å². The van der Waals surface area contributed by atoms with Crippen molar-refractivity contribution in [1.82, 2.24) is 9.78 Å². The van der Waals surface area contributed by atoms with Crippen LogP contribution in [0.3, 0.4) is 0 Å². The predicted octanol–water partition coefficient (Wildman–Crippen LogP) is 5.22. The Hall–Kier alpha value is -2.83. The molecule has 0 amide bonds. The number of hydrogen-bond acceptors (Lipinski definition) is 4. The van der Waals surface area contributed by atoms with E-state index < -0.39 is 17.2 Å². The largest absolute Gasteiger partial charge is 0.478 e. The molecule has 0 saturated carbocycles. The third kappa shape index (κ3) is 4.45. The highest BCUT2D eigenvalue weighted by atomic mass is 35.5. The minimum atomic E-state index is -4.59. The molecule has 1 atom stereocenters. The van der Waals surface area contributed by atoms with E-state index in [0.717, 1.165) is 12.1 Å². The molecule has 2 N–H and O–H groups in total. The summed E-state index contributed by atoms with van der Waals surface area (Å²) in [5, 5.41) is 15.6. The highest BCUT2D eigenvalue weighted by Gasteiger charge is 2.37. The molecule has 0 bridgehead atoms. The van der Waals surface area contributed by atoms with Crippen molar-refractivity contribution < 1.29 is 17.9 Å². The molecule has 0 saturated heterocycles. The minimum Gasteiger partial charge on any atom is -0.478 e. The number of hydrogen-bond donors (Lipinski definition) is 1. The van der Waals surface area contributed by atoms with Gasteiger partial charge in [0.25, 0.3) is 0 Å². The smallest absolute Gasteiger partial charge is 0.416 e. The van der Waals surface area contributed by atoms with Crippen LogP contribution in [0.1, 0.15) is 30.5 Å². The normalized spacial score (nSPS) is 13.6. The fourth-order valence-electron chi connectivity index (χ4n) is 3.35. The molecule has 0 fully saturated rings. The van der Waals surface area contributed by atoms with Crippen molar-refractivity contribution in [1.29, 1.82) is 5.26 Å². The van der Waals surface area contributed by atoms with Crippen LogP contribution in [0.25, 0.3) is 10.9 Å². The lowest BCUT2D eigenvalue weighted by Crippen LogP contribution is -2.31. The van der Waals surface area contributed by atoms with E-state index in [9.17, 15) is 18.4 Å². The lowest BCUT2D eigenvalue weighted by molar-refractivity contribution is -0.137. The quantitative estimate of drug-likeness (QED) is 0.504. The topological polar surface area (TPSA) is 76.9 Å². The highest BCUT2D eigenvalue weighted by Crippen LogP contribution is 2.37. The third-order valence-electron chi connectivity index (χ3n) is 4.85. The van der Waals surface area contributed by atoms with Crippen molar-refractivity contribution in [2.24, 2.45) is 5.73 Å². The lowest BCUT2D eigenvalue weighted by atomic mass is 9.80. The van der Waals surface area contributed by atoms with Gasteiger partial charge in [-0.05, 0) is 49.7 Å². The zero-order valence-electron chi connectivity index (χ0n) is 16.6. The Bertz CT molecular complexity index is 1200. The van der Waals surface area contributed by atoms with Gasteiger partial charge in [-0.25, -0.2) is 4.68 Å². The van der Waals surface area contributed by atoms with Gasteiger partial charge in [-0.3, -0.25) is 0 Å². The Labute approximate surface area is 187 Å². The summed E-state index contributed by atoms with van der Waals surface area (Å²) in [6, 6.07) is 10.2. The SMILES string of the molecule is CCOc1c2cc(Cl)ccc2nn1CC(C)(C#N)c1cc(C(F)(F)F)ccc1C(N)=S. The molecule has 2 aromatic carbocycles. The molecule has 3 aromatic rings. The van der Waals surface area contributed by atoms with E-state index in [1.165, 1.54) is 17.7 Å². The van der Waals surface area contributed by atoms with Crippen LogP contribution in [0.15, 0.2) is 36.4 Å². The summed E-state index contributed by atoms with van der Waals surface area (Å²) < 4.78 is 47.3. The number of alkyl halides is 3. The first-order valence-corrected chi connectivity index (χ1v) is 10.0. The number of nitrogens with zero attached hydrogens (tertiary/aromatic N) is 3. The zero-order chi connectivity index (χ0) is 23.0. The van der Waals surface area contributed by atoms with Gasteiger partial charge < -0.3 is 10.5 Å². The number of ether oxygens (including phenoxy) is 1. The zero-order valence-corrected chi connectivity index (χ0v) is 18.2. The van der Waals surface area contributed by atoms with Gasteiger partial charge in [0, 0.05) is 10.6 Å². The number of nitrogens with two attached hydrogens (primary N) is 1. The fourth-order valence-corrected chi connectivity index (χ4v) is 3.70. The van der Waals surface area contributed by atoms with Gasteiger partial charge in [0.15, 0.2) is 0 Å². The molecule has 10 heteroatoms. The summed E-state index contributed by atoms with van der Waals surface area (Å²) in [5.74, 6) is 0.366. The number of aromatic nitrogens is 2. The van der Waals surface area contributed by atoms with Gasteiger partial charge in [-0.2, -0.15) is 23.5 Å². The van der Waals surface area contributed by atoms with Crippen molar-refractivity contribution in [3.05, 3.63) is 58.1 Å². The Morgan fingerprint density at radius 1 is 1.29 bits per heavy atom. The number of halogens is 4. The number of fused-ring (bicyclic) bond motifs is 1. The first-order valence-electron chi connectivity index (χ1n) is 9.22. The average molecular weight is 467 g/mol. The van der Waals surface area contributed by atoms with Crippen LogP contribution >= 0.6 is 23.8 Å². The monoisotopic (exact) mass is 466 g/mol. The van der Waals surface area contributed by atoms with Gasteiger partial charge in [-0.1, -0.05) is 29.9 Å². The Kier molecular flexibility index (Phi) is 6.16. The second-order valence-electron chi connectivity index (χ2n) is 7.12. The molecular weight excluding hydrogens is 449 g/mol. The van der Waals surface area contributed by atoms with Crippen LogP contribution < -0.4 is 10.5 Å². The molecule has 1 heterocycles. The molecular formula is C21H18ClF3N4OS. The van der Waals surface area contributed by atoms with Crippen LogP contribution in [0.4, 0.5) is 13.2 Å². The van der Waals surface area contributed by atoms with Gasteiger partial charge >= 0.3 is 6.18 Å². The van der Waals surface area contributed by atoms with Crippen molar-refractivity contribution in [3.8, 4) is 11.9 Å². The Morgan fingerprint density at radius 3 is 2.58 bits per heavy atom. The van der Waals surface area contributed by atoms with E-state index in [-0.39, 0.29) is 22.7 Å². The summed E-state index contributed by atoms with van der Waals surface area (Å²) in [6.07, 6.45) is -4.59. The van der Waals surface area contributed by atoms with Gasteiger partial charge in [0.1, 0.15) is 4.99 Å². The number of benzene rings is 2. The van der Waals surface area contributed by atoms with Crippen molar-refractivity contribution in [2.75, 3.05) is 6.61 Å². The van der Waals surface area contributed by atoms with Gasteiger partial charge in [0.05, 0.1) is 41.1 Å². The van der Waals surface area contributed by atoms with Crippen LogP contribution in [-0.4, -0.2) is 21.4 Å². The van der Waals surface area contributed by atoms with E-state index >= 15 is 0 Å². The minimum absolute atomic E-state index is 0.0670. The molecule has 1 aromatic heterocycles. The number of thiocarbonyl (C=S) groups is 1. The van der Waals surface area contributed by atoms with Gasteiger partial charge in [-0.15, -0.1) is 0 Å². The number of nitriles is 1. The second kappa shape index (κ2) is 8.36. The predicted molar refractivity (Wildman–Crippen MR) is 116 cm³/mol. The maximum absolute atomic E-state index is 13.4.